The quantitative estimate of drug-likeness (QED) is 0.598. The lowest BCUT2D eigenvalue weighted by Gasteiger charge is -2.05. The molecular formula is C8H13FN4O. The van der Waals surface area contributed by atoms with Gasteiger partial charge >= 0.3 is 0 Å². The summed E-state index contributed by atoms with van der Waals surface area (Å²) in [5.41, 5.74) is 5.29. The highest BCUT2D eigenvalue weighted by atomic mass is 19.1. The number of unbranched alkanes of at least 4 members (excludes halogenated alkanes) is 1. The van der Waals surface area contributed by atoms with E-state index in [1.807, 2.05) is 0 Å². The van der Waals surface area contributed by atoms with Crippen LogP contribution in [0, 0.1) is 5.82 Å². The van der Waals surface area contributed by atoms with E-state index in [4.69, 9.17) is 10.8 Å². The number of rotatable bonds is 5. The van der Waals surface area contributed by atoms with E-state index < -0.39 is 5.82 Å². The summed E-state index contributed by atoms with van der Waals surface area (Å²) in [6.07, 6.45) is 2.45. The standard InChI is InChI=1S/C8H13FN4O/c9-6-5-12-8(10)13-7(6)11-3-1-2-4-14/h5,14H,1-4H2,(H3,10,11,12,13). The van der Waals surface area contributed by atoms with Crippen molar-refractivity contribution in [1.29, 1.82) is 0 Å². The Balaban J connectivity index is 2.45. The number of halogens is 1. The number of hydrogen-bond acceptors (Lipinski definition) is 5. The fourth-order valence-electron chi connectivity index (χ4n) is 0.948. The zero-order valence-corrected chi connectivity index (χ0v) is 7.70. The molecule has 0 saturated carbocycles. The summed E-state index contributed by atoms with van der Waals surface area (Å²) < 4.78 is 13.0. The number of hydrogen-bond donors (Lipinski definition) is 3. The van der Waals surface area contributed by atoms with E-state index in [1.165, 1.54) is 0 Å². The van der Waals surface area contributed by atoms with Crippen LogP contribution in [0.2, 0.25) is 0 Å². The average molecular weight is 200 g/mol. The molecule has 0 bridgehead atoms. The van der Waals surface area contributed by atoms with E-state index in [1.54, 1.807) is 0 Å². The molecule has 0 aliphatic rings. The van der Waals surface area contributed by atoms with E-state index in [2.05, 4.69) is 15.3 Å². The summed E-state index contributed by atoms with van der Waals surface area (Å²) in [5, 5.41) is 11.3. The lowest BCUT2D eigenvalue weighted by molar-refractivity contribution is 0.286. The molecule has 78 valence electrons. The van der Waals surface area contributed by atoms with E-state index in [-0.39, 0.29) is 18.4 Å². The average Bonchev–Trinajstić information content (AvgIpc) is 2.18. The lowest BCUT2D eigenvalue weighted by atomic mass is 10.3. The van der Waals surface area contributed by atoms with Gasteiger partial charge in [0.25, 0.3) is 0 Å². The van der Waals surface area contributed by atoms with Crippen molar-refractivity contribution in [3.63, 3.8) is 0 Å². The zero-order valence-electron chi connectivity index (χ0n) is 7.70. The minimum absolute atomic E-state index is 0.0380. The maximum absolute atomic E-state index is 13.0. The van der Waals surface area contributed by atoms with E-state index in [0.29, 0.717) is 13.0 Å². The van der Waals surface area contributed by atoms with Crippen molar-refractivity contribution >= 4 is 11.8 Å². The van der Waals surface area contributed by atoms with Crippen LogP contribution >= 0.6 is 0 Å². The first-order valence-corrected chi connectivity index (χ1v) is 4.37. The minimum Gasteiger partial charge on any atom is -0.396 e. The van der Waals surface area contributed by atoms with Gasteiger partial charge in [-0.2, -0.15) is 4.98 Å². The molecule has 0 radical (unpaired) electrons. The maximum Gasteiger partial charge on any atom is 0.222 e. The smallest absolute Gasteiger partial charge is 0.222 e. The van der Waals surface area contributed by atoms with Gasteiger partial charge in [-0.25, -0.2) is 9.37 Å². The molecule has 0 saturated heterocycles. The predicted molar refractivity (Wildman–Crippen MR) is 51.2 cm³/mol. The van der Waals surface area contributed by atoms with Crippen molar-refractivity contribution in [3.8, 4) is 0 Å². The maximum atomic E-state index is 13.0. The minimum atomic E-state index is -0.525. The molecule has 1 aromatic rings. The molecule has 1 aromatic heterocycles. The Bertz CT molecular complexity index is 295. The van der Waals surface area contributed by atoms with Gasteiger partial charge in [-0.3, -0.25) is 0 Å². The summed E-state index contributed by atoms with van der Waals surface area (Å²) >= 11 is 0. The van der Waals surface area contributed by atoms with Crippen LogP contribution < -0.4 is 11.1 Å². The van der Waals surface area contributed by atoms with Crippen molar-refractivity contribution in [2.24, 2.45) is 0 Å². The van der Waals surface area contributed by atoms with Gasteiger partial charge in [0, 0.05) is 13.2 Å². The molecule has 0 spiro atoms. The molecule has 0 aromatic carbocycles. The van der Waals surface area contributed by atoms with Crippen molar-refractivity contribution < 1.29 is 9.50 Å². The first-order valence-electron chi connectivity index (χ1n) is 4.37. The summed E-state index contributed by atoms with van der Waals surface area (Å²) in [4.78, 5) is 7.18. The molecular weight excluding hydrogens is 187 g/mol. The van der Waals surface area contributed by atoms with Gasteiger partial charge in [-0.1, -0.05) is 0 Å². The summed E-state index contributed by atoms with van der Waals surface area (Å²) in [6, 6.07) is 0. The van der Waals surface area contributed by atoms with Crippen LogP contribution in [-0.2, 0) is 0 Å². The number of aliphatic hydroxyl groups excluding tert-OH is 1. The Morgan fingerprint density at radius 1 is 1.50 bits per heavy atom. The summed E-state index contributed by atoms with van der Waals surface area (Å²) in [7, 11) is 0. The number of anilines is 2. The summed E-state index contributed by atoms with van der Waals surface area (Å²) in [6.45, 7) is 0.685. The molecule has 5 nitrogen and oxygen atoms in total. The van der Waals surface area contributed by atoms with Gasteiger partial charge in [-0.15, -0.1) is 0 Å². The zero-order chi connectivity index (χ0) is 10.4. The molecule has 4 N–H and O–H groups in total. The van der Waals surface area contributed by atoms with Gasteiger partial charge in [0.05, 0.1) is 6.20 Å². The van der Waals surface area contributed by atoms with Crippen molar-refractivity contribution in [3.05, 3.63) is 12.0 Å². The number of aliphatic hydroxyl groups is 1. The molecule has 1 heterocycles. The Labute approximate surface area is 81.2 Å². The SMILES string of the molecule is Nc1ncc(F)c(NCCCCO)n1. The third-order valence-corrected chi connectivity index (χ3v) is 1.64. The molecule has 14 heavy (non-hydrogen) atoms. The second-order valence-corrected chi connectivity index (χ2v) is 2.78. The van der Waals surface area contributed by atoms with Gasteiger partial charge in [0.15, 0.2) is 11.6 Å². The van der Waals surface area contributed by atoms with Gasteiger partial charge < -0.3 is 16.2 Å². The molecule has 0 fully saturated rings. The fraction of sp³-hybridized carbons (Fsp3) is 0.500. The monoisotopic (exact) mass is 200 g/mol. The topological polar surface area (TPSA) is 84.1 Å². The molecule has 0 atom stereocenters. The number of nitrogens with two attached hydrogens (primary N) is 1. The fourth-order valence-corrected chi connectivity index (χ4v) is 0.948. The van der Waals surface area contributed by atoms with Gasteiger partial charge in [0.2, 0.25) is 5.95 Å². The van der Waals surface area contributed by atoms with Crippen LogP contribution in [0.5, 0.6) is 0 Å². The van der Waals surface area contributed by atoms with Crippen molar-refractivity contribution in [2.75, 3.05) is 24.2 Å². The molecule has 0 amide bonds. The predicted octanol–water partition coefficient (Wildman–Crippen LogP) is 0.382. The van der Waals surface area contributed by atoms with Crippen LogP contribution in [0.15, 0.2) is 6.20 Å². The summed E-state index contributed by atoms with van der Waals surface area (Å²) in [5.74, 6) is -0.380. The molecule has 1 rings (SSSR count). The van der Waals surface area contributed by atoms with Crippen molar-refractivity contribution in [2.45, 2.75) is 12.8 Å². The van der Waals surface area contributed by atoms with E-state index in [0.717, 1.165) is 12.6 Å². The number of nitrogens with one attached hydrogen (secondary N) is 1. The third-order valence-electron chi connectivity index (χ3n) is 1.64. The van der Waals surface area contributed by atoms with E-state index >= 15 is 0 Å². The number of aromatic nitrogens is 2. The highest BCUT2D eigenvalue weighted by molar-refractivity contribution is 5.38. The third kappa shape index (κ3) is 3.14. The molecule has 0 unspecified atom stereocenters. The van der Waals surface area contributed by atoms with Crippen LogP contribution in [0.1, 0.15) is 12.8 Å². The Kier molecular flexibility index (Phi) is 4.06. The molecule has 6 heteroatoms. The van der Waals surface area contributed by atoms with Crippen LogP contribution in [0.25, 0.3) is 0 Å². The Morgan fingerprint density at radius 2 is 2.29 bits per heavy atom. The highest BCUT2D eigenvalue weighted by Crippen LogP contribution is 2.09. The van der Waals surface area contributed by atoms with Crippen LogP contribution in [-0.4, -0.2) is 28.2 Å². The van der Waals surface area contributed by atoms with E-state index in [9.17, 15) is 4.39 Å². The first-order chi connectivity index (χ1) is 6.74. The normalized spacial score (nSPS) is 10.1. The van der Waals surface area contributed by atoms with Gasteiger partial charge in [0.1, 0.15) is 0 Å². The number of nitrogens with zero attached hydrogens (tertiary/aromatic N) is 2. The highest BCUT2D eigenvalue weighted by Gasteiger charge is 2.03. The van der Waals surface area contributed by atoms with Gasteiger partial charge in [-0.05, 0) is 12.8 Å². The van der Waals surface area contributed by atoms with Crippen LogP contribution in [0.4, 0.5) is 16.2 Å². The molecule has 0 aliphatic heterocycles. The van der Waals surface area contributed by atoms with Crippen LogP contribution in [0.3, 0.4) is 0 Å². The van der Waals surface area contributed by atoms with Crippen molar-refractivity contribution in [1.82, 2.24) is 9.97 Å². The Hall–Kier alpha value is -1.43. The first kappa shape index (κ1) is 10.6. The number of nitrogen functional groups attached to an aromatic ring is 1. The second kappa shape index (κ2) is 5.33. The second-order valence-electron chi connectivity index (χ2n) is 2.78. The molecule has 0 aliphatic carbocycles. The lowest BCUT2D eigenvalue weighted by Crippen LogP contribution is -2.08. The largest absolute Gasteiger partial charge is 0.396 e. The Morgan fingerprint density at radius 3 is 3.00 bits per heavy atom.